The van der Waals surface area contributed by atoms with Crippen LogP contribution in [0.1, 0.15) is 21.2 Å². The first-order chi connectivity index (χ1) is 17.9. The van der Waals surface area contributed by atoms with Crippen molar-refractivity contribution in [1.82, 2.24) is 0 Å². The molecule has 4 rings (SSSR count). The van der Waals surface area contributed by atoms with Gasteiger partial charge in [-0.15, -0.1) is 11.8 Å². The van der Waals surface area contributed by atoms with E-state index in [0.717, 1.165) is 10.5 Å². The van der Waals surface area contributed by atoms with Gasteiger partial charge >= 0.3 is 0 Å². The van der Waals surface area contributed by atoms with Gasteiger partial charge < -0.3 is 20.1 Å². The molecular formula is C29H25ClN2O4S. The highest BCUT2D eigenvalue weighted by Crippen LogP contribution is 2.38. The Labute approximate surface area is 225 Å². The Balaban J connectivity index is 1.56. The van der Waals surface area contributed by atoms with Gasteiger partial charge in [0.2, 0.25) is 5.91 Å². The molecule has 0 saturated heterocycles. The van der Waals surface area contributed by atoms with E-state index in [9.17, 15) is 9.59 Å². The first kappa shape index (κ1) is 26.1. The summed E-state index contributed by atoms with van der Waals surface area (Å²) in [4.78, 5) is 27.0. The van der Waals surface area contributed by atoms with Crippen molar-refractivity contribution in [1.29, 1.82) is 0 Å². The van der Waals surface area contributed by atoms with Crippen LogP contribution in [0.3, 0.4) is 0 Å². The fraction of sp³-hybridized carbons (Fsp3) is 0.103. The minimum absolute atomic E-state index is 0.208. The number of halogens is 1. The molecule has 0 aliphatic carbocycles. The molecule has 8 heteroatoms. The quantitative estimate of drug-likeness (QED) is 0.225. The van der Waals surface area contributed by atoms with Gasteiger partial charge in [-0.1, -0.05) is 54.1 Å². The molecular weight excluding hydrogens is 508 g/mol. The van der Waals surface area contributed by atoms with Crippen molar-refractivity contribution < 1.29 is 19.1 Å². The summed E-state index contributed by atoms with van der Waals surface area (Å²) in [7, 11) is 3.11. The van der Waals surface area contributed by atoms with E-state index in [2.05, 4.69) is 10.6 Å². The normalized spacial score (nSPS) is 11.3. The first-order valence-corrected chi connectivity index (χ1v) is 12.6. The number of methoxy groups -OCH3 is 2. The molecule has 4 aromatic rings. The molecule has 0 spiro atoms. The molecule has 0 aliphatic rings. The Kier molecular flexibility index (Phi) is 8.72. The molecule has 37 heavy (non-hydrogen) atoms. The zero-order valence-corrected chi connectivity index (χ0v) is 21.8. The molecule has 0 saturated carbocycles. The second-order valence-electron chi connectivity index (χ2n) is 7.99. The van der Waals surface area contributed by atoms with E-state index in [1.54, 1.807) is 62.8 Å². The average Bonchev–Trinajstić information content (AvgIpc) is 2.92. The van der Waals surface area contributed by atoms with Crippen LogP contribution in [0.15, 0.2) is 102 Å². The molecule has 6 nitrogen and oxygen atoms in total. The van der Waals surface area contributed by atoms with E-state index in [0.29, 0.717) is 33.5 Å². The SMILES string of the molecule is COc1cc(NC(=O)C(Sc2cccc(NC(=O)c3cccc(Cl)c3)c2)c2ccccc2)cc(OC)c1. The molecule has 4 aromatic carbocycles. The maximum Gasteiger partial charge on any atom is 0.255 e. The van der Waals surface area contributed by atoms with E-state index < -0.39 is 5.25 Å². The van der Waals surface area contributed by atoms with Crippen LogP contribution in [0.2, 0.25) is 5.02 Å². The monoisotopic (exact) mass is 532 g/mol. The number of amides is 2. The third-order valence-electron chi connectivity index (χ3n) is 5.39. The van der Waals surface area contributed by atoms with Gasteiger partial charge in [-0.05, 0) is 42.0 Å². The fourth-order valence-electron chi connectivity index (χ4n) is 3.60. The number of thioether (sulfide) groups is 1. The van der Waals surface area contributed by atoms with Gasteiger partial charge in [0.1, 0.15) is 16.7 Å². The Hall–Kier alpha value is -3.94. The van der Waals surface area contributed by atoms with Crippen molar-refractivity contribution in [3.05, 3.63) is 113 Å². The van der Waals surface area contributed by atoms with Gasteiger partial charge in [0.15, 0.2) is 0 Å². The molecule has 0 aromatic heterocycles. The summed E-state index contributed by atoms with van der Waals surface area (Å²) >= 11 is 7.40. The van der Waals surface area contributed by atoms with Gasteiger partial charge in [0, 0.05) is 45.1 Å². The van der Waals surface area contributed by atoms with Gasteiger partial charge in [-0.25, -0.2) is 0 Å². The lowest BCUT2D eigenvalue weighted by molar-refractivity contribution is -0.115. The van der Waals surface area contributed by atoms with Gasteiger partial charge in [-0.2, -0.15) is 0 Å². The van der Waals surface area contributed by atoms with Gasteiger partial charge in [-0.3, -0.25) is 9.59 Å². The molecule has 0 bridgehead atoms. The van der Waals surface area contributed by atoms with Crippen molar-refractivity contribution >= 4 is 46.6 Å². The van der Waals surface area contributed by atoms with Crippen LogP contribution < -0.4 is 20.1 Å². The van der Waals surface area contributed by atoms with E-state index in [-0.39, 0.29) is 11.8 Å². The smallest absolute Gasteiger partial charge is 0.255 e. The van der Waals surface area contributed by atoms with Crippen LogP contribution >= 0.6 is 23.4 Å². The molecule has 0 radical (unpaired) electrons. The summed E-state index contributed by atoms with van der Waals surface area (Å²) in [6.45, 7) is 0. The number of rotatable bonds is 9. The number of anilines is 2. The topological polar surface area (TPSA) is 76.7 Å². The second kappa shape index (κ2) is 12.3. The Morgan fingerprint density at radius 3 is 2.14 bits per heavy atom. The fourth-order valence-corrected chi connectivity index (χ4v) is 4.88. The number of ether oxygens (including phenoxy) is 2. The second-order valence-corrected chi connectivity index (χ2v) is 9.61. The highest BCUT2D eigenvalue weighted by molar-refractivity contribution is 8.00. The highest BCUT2D eigenvalue weighted by atomic mass is 35.5. The lowest BCUT2D eigenvalue weighted by Gasteiger charge is -2.18. The molecule has 1 atom stereocenters. The summed E-state index contributed by atoms with van der Waals surface area (Å²) in [5.74, 6) is 0.664. The number of hydrogen-bond donors (Lipinski definition) is 2. The zero-order valence-electron chi connectivity index (χ0n) is 20.2. The summed E-state index contributed by atoms with van der Waals surface area (Å²) in [6, 6.07) is 28.8. The highest BCUT2D eigenvalue weighted by Gasteiger charge is 2.23. The van der Waals surface area contributed by atoms with Crippen LogP contribution in [0.5, 0.6) is 11.5 Å². The predicted octanol–water partition coefficient (Wildman–Crippen LogP) is 7.08. The first-order valence-electron chi connectivity index (χ1n) is 11.4. The molecule has 2 amide bonds. The van der Waals surface area contributed by atoms with Crippen molar-refractivity contribution in [3.8, 4) is 11.5 Å². The molecule has 2 N–H and O–H groups in total. The van der Waals surface area contributed by atoms with Crippen molar-refractivity contribution in [3.63, 3.8) is 0 Å². The number of nitrogens with one attached hydrogen (secondary N) is 2. The average molecular weight is 533 g/mol. The third kappa shape index (κ3) is 7.06. The van der Waals surface area contributed by atoms with Crippen LogP contribution in [0.25, 0.3) is 0 Å². The van der Waals surface area contributed by atoms with Crippen molar-refractivity contribution in [2.75, 3.05) is 24.9 Å². The third-order valence-corrected chi connectivity index (χ3v) is 6.88. The Morgan fingerprint density at radius 1 is 0.757 bits per heavy atom. The van der Waals surface area contributed by atoms with Crippen LogP contribution in [0.4, 0.5) is 11.4 Å². The number of carbonyl (C=O) groups is 2. The summed E-state index contributed by atoms with van der Waals surface area (Å²) < 4.78 is 10.6. The lowest BCUT2D eigenvalue weighted by atomic mass is 10.1. The number of hydrogen-bond acceptors (Lipinski definition) is 5. The van der Waals surface area contributed by atoms with E-state index in [4.69, 9.17) is 21.1 Å². The van der Waals surface area contributed by atoms with Crippen LogP contribution in [-0.2, 0) is 4.79 Å². The minimum Gasteiger partial charge on any atom is -0.497 e. The van der Waals surface area contributed by atoms with Gasteiger partial charge in [0.05, 0.1) is 14.2 Å². The maximum absolute atomic E-state index is 13.5. The molecule has 0 heterocycles. The summed E-state index contributed by atoms with van der Waals surface area (Å²) in [5, 5.41) is 5.81. The largest absolute Gasteiger partial charge is 0.497 e. The molecule has 1 unspecified atom stereocenters. The maximum atomic E-state index is 13.5. The Morgan fingerprint density at radius 2 is 1.46 bits per heavy atom. The predicted molar refractivity (Wildman–Crippen MR) is 149 cm³/mol. The lowest BCUT2D eigenvalue weighted by Crippen LogP contribution is -2.19. The van der Waals surface area contributed by atoms with Crippen molar-refractivity contribution in [2.24, 2.45) is 0 Å². The summed E-state index contributed by atoms with van der Waals surface area (Å²) in [5.41, 5.74) is 2.47. The summed E-state index contributed by atoms with van der Waals surface area (Å²) in [6.07, 6.45) is 0. The van der Waals surface area contributed by atoms with E-state index in [1.807, 2.05) is 48.5 Å². The van der Waals surface area contributed by atoms with Gasteiger partial charge in [0.25, 0.3) is 5.91 Å². The molecule has 0 aliphatic heterocycles. The number of benzene rings is 4. The molecule has 0 fully saturated rings. The van der Waals surface area contributed by atoms with Crippen LogP contribution in [0, 0.1) is 0 Å². The van der Waals surface area contributed by atoms with E-state index >= 15 is 0 Å². The van der Waals surface area contributed by atoms with Crippen molar-refractivity contribution in [2.45, 2.75) is 10.1 Å². The number of carbonyl (C=O) groups excluding carboxylic acids is 2. The van der Waals surface area contributed by atoms with E-state index in [1.165, 1.54) is 11.8 Å². The standard InChI is InChI=1S/C29H25ClN2O4S/c1-35-24-15-23(16-25(18-24)36-2)32-29(34)27(19-8-4-3-5-9-19)37-26-13-7-12-22(17-26)31-28(33)20-10-6-11-21(30)14-20/h3-18,27H,1-2H3,(H,31,33)(H,32,34). The van der Waals surface area contributed by atoms with Crippen LogP contribution in [-0.4, -0.2) is 26.0 Å². The Bertz CT molecular complexity index is 1380. The molecule has 188 valence electrons. The minimum atomic E-state index is -0.558. The zero-order chi connectivity index (χ0) is 26.2.